The molecule has 1 aliphatic heterocycles. The Kier molecular flexibility index (Phi) is 12.7. The molecule has 0 aromatic carbocycles. The summed E-state index contributed by atoms with van der Waals surface area (Å²) in [5.41, 5.74) is -1.07. The highest BCUT2D eigenvalue weighted by Crippen LogP contribution is 2.19. The van der Waals surface area contributed by atoms with E-state index in [1.54, 1.807) is 13.8 Å². The Bertz CT molecular complexity index is 551. The number of carbonyl (C=O) groups is 3. The van der Waals surface area contributed by atoms with Gasteiger partial charge in [-0.2, -0.15) is 0 Å². The molecule has 0 spiro atoms. The lowest BCUT2D eigenvalue weighted by atomic mass is 10.1. The second-order valence-corrected chi connectivity index (χ2v) is 9.75. The van der Waals surface area contributed by atoms with Crippen molar-refractivity contribution in [2.24, 2.45) is 0 Å². The molecule has 1 N–H and O–H groups in total. The maximum atomic E-state index is 12.3. The number of thiocarbonyl (C=S) groups is 1. The van der Waals surface area contributed by atoms with Crippen LogP contribution in [0.25, 0.3) is 0 Å². The number of amides is 2. The van der Waals surface area contributed by atoms with Gasteiger partial charge in [0, 0.05) is 12.8 Å². The van der Waals surface area contributed by atoms with Gasteiger partial charge < -0.3 is 4.84 Å². The van der Waals surface area contributed by atoms with Crippen molar-refractivity contribution in [2.45, 2.75) is 110 Å². The molecule has 0 aromatic rings. The van der Waals surface area contributed by atoms with Gasteiger partial charge in [-0.1, -0.05) is 76.9 Å². The smallest absolute Gasteiger partial charge is 0.328 e. The summed E-state index contributed by atoms with van der Waals surface area (Å²) in [6, 6.07) is 0. The fourth-order valence-electron chi connectivity index (χ4n) is 2.89. The van der Waals surface area contributed by atoms with E-state index in [4.69, 9.17) is 17.1 Å². The zero-order valence-corrected chi connectivity index (χ0v) is 19.7. The predicted molar refractivity (Wildman–Crippen MR) is 121 cm³/mol. The van der Waals surface area contributed by atoms with E-state index in [1.807, 2.05) is 0 Å². The van der Waals surface area contributed by atoms with E-state index in [9.17, 15) is 14.4 Å². The maximum absolute atomic E-state index is 12.3. The van der Waals surface area contributed by atoms with Crippen LogP contribution < -0.4 is 4.72 Å². The van der Waals surface area contributed by atoms with Gasteiger partial charge in [0.25, 0.3) is 11.8 Å². The van der Waals surface area contributed by atoms with Crippen LogP contribution >= 0.6 is 24.2 Å². The molecule has 0 radical (unpaired) electrons. The molecule has 166 valence electrons. The normalized spacial score (nSPS) is 14.5. The molecule has 6 nitrogen and oxygen atoms in total. The van der Waals surface area contributed by atoms with E-state index in [1.165, 1.54) is 69.7 Å². The van der Waals surface area contributed by atoms with Crippen LogP contribution in [0.2, 0.25) is 0 Å². The Labute approximate surface area is 185 Å². The van der Waals surface area contributed by atoms with Crippen LogP contribution in [0.1, 0.15) is 104 Å². The molecular formula is C21H36N2O4S2. The third-order valence-corrected chi connectivity index (χ3v) is 6.34. The van der Waals surface area contributed by atoms with Crippen molar-refractivity contribution in [3.8, 4) is 0 Å². The lowest BCUT2D eigenvalue weighted by Crippen LogP contribution is -2.48. The highest BCUT2D eigenvalue weighted by Gasteiger charge is 2.38. The number of unbranched alkanes of at least 4 members (excludes halogenated alkanes) is 9. The van der Waals surface area contributed by atoms with Crippen LogP contribution in [-0.2, 0) is 19.2 Å². The lowest BCUT2D eigenvalue weighted by Gasteiger charge is -2.25. The van der Waals surface area contributed by atoms with Gasteiger partial charge >= 0.3 is 5.97 Å². The third kappa shape index (κ3) is 10.6. The number of hydrogen-bond acceptors (Lipinski definition) is 7. The van der Waals surface area contributed by atoms with Gasteiger partial charge in [0.1, 0.15) is 5.54 Å². The molecule has 0 aliphatic carbocycles. The topological polar surface area (TPSA) is 75.7 Å². The monoisotopic (exact) mass is 444 g/mol. The summed E-state index contributed by atoms with van der Waals surface area (Å²) in [6.07, 6.45) is 13.8. The van der Waals surface area contributed by atoms with E-state index in [0.29, 0.717) is 5.06 Å². The van der Waals surface area contributed by atoms with Crippen molar-refractivity contribution >= 4 is 46.1 Å². The molecule has 1 saturated heterocycles. The standard InChI is InChI=1S/C21H36N2O4S2/c1-4-5-6-7-8-9-10-11-12-13-14-19(28)29-22-21(2,3)20(26)27-23-17(24)15-16-18(23)25/h22H,4-16H2,1-3H3. The van der Waals surface area contributed by atoms with E-state index >= 15 is 0 Å². The number of hydrogen-bond donors (Lipinski definition) is 1. The van der Waals surface area contributed by atoms with Crippen molar-refractivity contribution in [3.05, 3.63) is 0 Å². The van der Waals surface area contributed by atoms with Crippen LogP contribution in [0.4, 0.5) is 0 Å². The average molecular weight is 445 g/mol. The van der Waals surface area contributed by atoms with Gasteiger partial charge in [0.15, 0.2) is 0 Å². The highest BCUT2D eigenvalue weighted by molar-refractivity contribution is 8.21. The van der Waals surface area contributed by atoms with Crippen molar-refractivity contribution in [1.82, 2.24) is 9.79 Å². The average Bonchev–Trinajstić information content (AvgIpc) is 3.00. The second kappa shape index (κ2) is 14.1. The number of carbonyl (C=O) groups excluding carboxylic acids is 3. The molecule has 0 unspecified atom stereocenters. The fraction of sp³-hybridized carbons (Fsp3) is 0.810. The first kappa shape index (κ1) is 26.0. The van der Waals surface area contributed by atoms with Gasteiger partial charge in [-0.3, -0.25) is 9.59 Å². The first-order chi connectivity index (χ1) is 13.8. The maximum Gasteiger partial charge on any atom is 0.353 e. The third-order valence-electron chi connectivity index (χ3n) is 4.84. The van der Waals surface area contributed by atoms with E-state index in [0.717, 1.165) is 17.0 Å². The van der Waals surface area contributed by atoms with E-state index < -0.39 is 23.3 Å². The first-order valence-corrected chi connectivity index (χ1v) is 12.1. The summed E-state index contributed by atoms with van der Waals surface area (Å²) >= 11 is 6.62. The molecule has 1 rings (SSSR count). The van der Waals surface area contributed by atoms with Crippen LogP contribution in [0.15, 0.2) is 0 Å². The zero-order chi connectivity index (χ0) is 21.7. The summed E-state index contributed by atoms with van der Waals surface area (Å²) in [6.45, 7) is 5.51. The largest absolute Gasteiger partial charge is 0.353 e. The molecule has 1 fully saturated rings. The van der Waals surface area contributed by atoms with Crippen LogP contribution in [-0.4, -0.2) is 32.6 Å². The van der Waals surface area contributed by atoms with Crippen molar-refractivity contribution < 1.29 is 19.2 Å². The number of rotatable bonds is 15. The minimum Gasteiger partial charge on any atom is -0.328 e. The fourth-order valence-corrected chi connectivity index (χ4v) is 3.86. The summed E-state index contributed by atoms with van der Waals surface area (Å²) in [5.74, 6) is -1.65. The van der Waals surface area contributed by atoms with Gasteiger partial charge in [0.2, 0.25) is 0 Å². The minimum atomic E-state index is -1.07. The van der Waals surface area contributed by atoms with Crippen LogP contribution in [0.3, 0.4) is 0 Å². The Balaban J connectivity index is 2.12. The molecule has 1 aliphatic rings. The van der Waals surface area contributed by atoms with E-state index in [-0.39, 0.29) is 12.8 Å². The van der Waals surface area contributed by atoms with Gasteiger partial charge in [0.05, 0.1) is 4.20 Å². The summed E-state index contributed by atoms with van der Waals surface area (Å²) in [4.78, 5) is 40.4. The Morgan fingerprint density at radius 1 is 1.00 bits per heavy atom. The Hall–Kier alpha value is -0.990. The molecule has 0 bridgehead atoms. The van der Waals surface area contributed by atoms with Crippen molar-refractivity contribution in [2.75, 3.05) is 0 Å². The van der Waals surface area contributed by atoms with Gasteiger partial charge in [-0.25, -0.2) is 9.52 Å². The first-order valence-electron chi connectivity index (χ1n) is 10.8. The molecule has 8 heteroatoms. The number of nitrogens with one attached hydrogen (secondary N) is 1. The molecular weight excluding hydrogens is 408 g/mol. The Morgan fingerprint density at radius 3 is 2.00 bits per heavy atom. The second-order valence-electron chi connectivity index (χ2n) is 8.09. The SMILES string of the molecule is CCCCCCCCCCCCC(=S)SNC(C)(C)C(=O)ON1C(=O)CCC1=O. The van der Waals surface area contributed by atoms with Crippen molar-refractivity contribution in [1.29, 1.82) is 0 Å². The molecule has 0 saturated carbocycles. The van der Waals surface area contributed by atoms with Gasteiger partial charge in [-0.05, 0) is 38.6 Å². The molecule has 0 aromatic heterocycles. The Morgan fingerprint density at radius 2 is 1.48 bits per heavy atom. The van der Waals surface area contributed by atoms with E-state index in [2.05, 4.69) is 11.6 Å². The predicted octanol–water partition coefficient (Wildman–Crippen LogP) is 5.25. The lowest BCUT2D eigenvalue weighted by molar-refractivity contribution is -0.201. The zero-order valence-electron chi connectivity index (χ0n) is 18.1. The molecule has 29 heavy (non-hydrogen) atoms. The summed E-state index contributed by atoms with van der Waals surface area (Å²) < 4.78 is 3.79. The summed E-state index contributed by atoms with van der Waals surface area (Å²) in [7, 11) is 0. The quantitative estimate of drug-likeness (QED) is 0.160. The minimum absolute atomic E-state index is 0.0810. The molecule has 0 atom stereocenters. The number of imide groups is 1. The number of hydroxylamine groups is 2. The van der Waals surface area contributed by atoms with Crippen molar-refractivity contribution in [3.63, 3.8) is 0 Å². The molecule has 2 amide bonds. The van der Waals surface area contributed by atoms with Crippen LogP contribution in [0.5, 0.6) is 0 Å². The molecule has 1 heterocycles. The van der Waals surface area contributed by atoms with Gasteiger partial charge in [-0.15, -0.1) is 5.06 Å². The number of nitrogens with zero attached hydrogens (tertiary/aromatic N) is 1. The van der Waals surface area contributed by atoms with Crippen LogP contribution in [0, 0.1) is 0 Å². The summed E-state index contributed by atoms with van der Waals surface area (Å²) in [5, 5.41) is 0.568. The highest BCUT2D eigenvalue weighted by atomic mass is 32.2.